The lowest BCUT2D eigenvalue weighted by Crippen LogP contribution is -2.29. The molecule has 1 aromatic heterocycles. The first kappa shape index (κ1) is 20.7. The van der Waals surface area contributed by atoms with Crippen molar-refractivity contribution in [2.24, 2.45) is 0 Å². The summed E-state index contributed by atoms with van der Waals surface area (Å²) in [6.45, 7) is -0.338. The Morgan fingerprint density at radius 2 is 1.80 bits per heavy atom. The van der Waals surface area contributed by atoms with E-state index in [0.29, 0.717) is 22.5 Å². The maximum Gasteiger partial charge on any atom is 0.337 e. The van der Waals surface area contributed by atoms with Gasteiger partial charge in [-0.3, -0.25) is 9.59 Å². The Morgan fingerprint density at radius 3 is 2.47 bits per heavy atom. The van der Waals surface area contributed by atoms with Gasteiger partial charge in [-0.2, -0.15) is 5.10 Å². The van der Waals surface area contributed by atoms with E-state index in [1.165, 1.54) is 56.7 Å². The summed E-state index contributed by atoms with van der Waals surface area (Å²) in [6, 6.07) is 12.8. The van der Waals surface area contributed by atoms with E-state index in [0.717, 1.165) is 4.68 Å². The van der Waals surface area contributed by atoms with Crippen LogP contribution in [0.4, 0.5) is 10.1 Å². The molecule has 0 radical (unpaired) electrons. The molecule has 30 heavy (non-hydrogen) atoms. The Labute approximate surface area is 170 Å². The second kappa shape index (κ2) is 8.99. The number of nitrogens with one attached hydrogen (secondary N) is 1. The third-order valence-corrected chi connectivity index (χ3v) is 4.19. The number of hydrogen-bond acceptors (Lipinski definition) is 6. The number of rotatable bonds is 6. The Hall–Kier alpha value is -4.01. The van der Waals surface area contributed by atoms with Gasteiger partial charge in [0.15, 0.2) is 0 Å². The highest BCUT2D eigenvalue weighted by molar-refractivity contribution is 5.92. The van der Waals surface area contributed by atoms with Gasteiger partial charge in [0.2, 0.25) is 5.91 Å². The normalized spacial score (nSPS) is 10.4. The maximum absolute atomic E-state index is 13.4. The van der Waals surface area contributed by atoms with E-state index in [9.17, 15) is 18.8 Å². The molecule has 0 saturated carbocycles. The quantitative estimate of drug-likeness (QED) is 0.626. The fraction of sp³-hybridized carbons (Fsp3) is 0.143. The van der Waals surface area contributed by atoms with Crippen LogP contribution in [0.5, 0.6) is 5.75 Å². The van der Waals surface area contributed by atoms with Crippen LogP contribution < -0.4 is 15.6 Å². The standard InChI is InChI=1S/C21H18FN3O5/c1-29-18-11-14(22)5-8-16(18)17-9-10-20(27)25(24-17)12-19(26)23-15-6-3-13(4-7-15)21(28)30-2/h3-11H,12H2,1-2H3,(H,23,26). The number of hydrogen-bond donors (Lipinski definition) is 1. The molecule has 3 rings (SSSR count). The molecule has 1 heterocycles. The minimum absolute atomic E-state index is 0.253. The van der Waals surface area contributed by atoms with Crippen LogP contribution in [0.1, 0.15) is 10.4 Å². The summed E-state index contributed by atoms with van der Waals surface area (Å²) < 4.78 is 24.2. The molecule has 0 unspecified atom stereocenters. The lowest BCUT2D eigenvalue weighted by atomic mass is 10.1. The molecule has 0 bridgehead atoms. The summed E-state index contributed by atoms with van der Waals surface area (Å²) in [6.07, 6.45) is 0. The van der Waals surface area contributed by atoms with Crippen LogP contribution in [0.2, 0.25) is 0 Å². The molecule has 9 heteroatoms. The Morgan fingerprint density at radius 1 is 1.07 bits per heavy atom. The fourth-order valence-electron chi connectivity index (χ4n) is 2.73. The third kappa shape index (κ3) is 4.69. The average Bonchev–Trinajstić information content (AvgIpc) is 2.75. The second-order valence-electron chi connectivity index (χ2n) is 6.18. The first-order valence-corrected chi connectivity index (χ1v) is 8.81. The molecular formula is C21H18FN3O5. The van der Waals surface area contributed by atoms with Gasteiger partial charge < -0.3 is 14.8 Å². The van der Waals surface area contributed by atoms with Crippen molar-refractivity contribution >= 4 is 17.6 Å². The van der Waals surface area contributed by atoms with Gasteiger partial charge in [-0.1, -0.05) is 0 Å². The van der Waals surface area contributed by atoms with Crippen molar-refractivity contribution in [3.05, 3.63) is 76.3 Å². The highest BCUT2D eigenvalue weighted by atomic mass is 19.1. The van der Waals surface area contributed by atoms with Gasteiger partial charge in [-0.15, -0.1) is 0 Å². The molecule has 0 aliphatic heterocycles. The maximum atomic E-state index is 13.4. The minimum atomic E-state index is -0.489. The van der Waals surface area contributed by atoms with Gasteiger partial charge in [0, 0.05) is 23.4 Å². The Balaban J connectivity index is 1.78. The number of carbonyl (C=O) groups excluding carboxylic acids is 2. The van der Waals surface area contributed by atoms with Crippen LogP contribution in [0.25, 0.3) is 11.3 Å². The predicted octanol–water partition coefficient (Wildman–Crippen LogP) is 2.48. The molecule has 2 aromatic carbocycles. The summed E-state index contributed by atoms with van der Waals surface area (Å²) in [5.41, 5.74) is 1.13. The van der Waals surface area contributed by atoms with Crippen LogP contribution in [-0.4, -0.2) is 35.9 Å². The number of methoxy groups -OCH3 is 2. The van der Waals surface area contributed by atoms with Gasteiger partial charge in [-0.25, -0.2) is 13.9 Å². The summed E-state index contributed by atoms with van der Waals surface area (Å²) >= 11 is 0. The fourth-order valence-corrected chi connectivity index (χ4v) is 2.73. The molecule has 1 N–H and O–H groups in total. The van der Waals surface area contributed by atoms with Crippen molar-refractivity contribution in [1.82, 2.24) is 9.78 Å². The third-order valence-electron chi connectivity index (χ3n) is 4.19. The first-order chi connectivity index (χ1) is 14.4. The Kier molecular flexibility index (Phi) is 6.21. The van der Waals surface area contributed by atoms with Gasteiger partial charge in [0.05, 0.1) is 25.5 Å². The smallest absolute Gasteiger partial charge is 0.337 e. The topological polar surface area (TPSA) is 99.5 Å². The molecule has 8 nitrogen and oxygen atoms in total. The zero-order valence-electron chi connectivity index (χ0n) is 16.2. The summed E-state index contributed by atoms with van der Waals surface area (Å²) in [7, 11) is 2.67. The van der Waals surface area contributed by atoms with Crippen molar-refractivity contribution in [2.75, 3.05) is 19.5 Å². The van der Waals surface area contributed by atoms with E-state index < -0.39 is 23.3 Å². The highest BCUT2D eigenvalue weighted by Gasteiger charge is 2.13. The molecule has 0 fully saturated rings. The van der Waals surface area contributed by atoms with Crippen LogP contribution in [-0.2, 0) is 16.1 Å². The molecule has 154 valence electrons. The number of aromatic nitrogens is 2. The predicted molar refractivity (Wildman–Crippen MR) is 107 cm³/mol. The van der Waals surface area contributed by atoms with Crippen LogP contribution in [0, 0.1) is 5.82 Å². The van der Waals surface area contributed by atoms with Crippen molar-refractivity contribution in [1.29, 1.82) is 0 Å². The number of carbonyl (C=O) groups is 2. The van der Waals surface area contributed by atoms with Gasteiger partial charge in [-0.05, 0) is 42.5 Å². The lowest BCUT2D eigenvalue weighted by molar-refractivity contribution is -0.117. The molecule has 0 aliphatic carbocycles. The summed E-state index contributed by atoms with van der Waals surface area (Å²) in [4.78, 5) is 35.9. The van der Waals surface area contributed by atoms with Crippen molar-refractivity contribution in [3.8, 4) is 17.0 Å². The van der Waals surface area contributed by atoms with Gasteiger partial charge >= 0.3 is 5.97 Å². The molecule has 1 amide bonds. The zero-order chi connectivity index (χ0) is 21.7. The lowest BCUT2D eigenvalue weighted by Gasteiger charge is -2.11. The minimum Gasteiger partial charge on any atom is -0.496 e. The monoisotopic (exact) mass is 411 g/mol. The van der Waals surface area contributed by atoms with Gasteiger partial charge in [0.1, 0.15) is 18.1 Å². The number of amides is 1. The number of anilines is 1. The number of ether oxygens (including phenoxy) is 2. The summed E-state index contributed by atoms with van der Waals surface area (Å²) in [5, 5.41) is 6.82. The molecule has 0 atom stereocenters. The molecular weight excluding hydrogens is 393 g/mol. The molecule has 0 aliphatic rings. The number of benzene rings is 2. The second-order valence-corrected chi connectivity index (χ2v) is 6.18. The number of nitrogens with zero attached hydrogens (tertiary/aromatic N) is 2. The highest BCUT2D eigenvalue weighted by Crippen LogP contribution is 2.28. The van der Waals surface area contributed by atoms with E-state index in [1.807, 2.05) is 0 Å². The van der Waals surface area contributed by atoms with E-state index in [2.05, 4.69) is 15.2 Å². The van der Waals surface area contributed by atoms with Crippen molar-refractivity contribution in [2.45, 2.75) is 6.54 Å². The SMILES string of the molecule is COC(=O)c1ccc(NC(=O)Cn2nc(-c3ccc(F)cc3OC)ccc2=O)cc1. The van der Waals surface area contributed by atoms with E-state index in [4.69, 9.17) is 4.74 Å². The van der Waals surface area contributed by atoms with E-state index in [-0.39, 0.29) is 12.3 Å². The van der Waals surface area contributed by atoms with Crippen molar-refractivity contribution in [3.63, 3.8) is 0 Å². The van der Waals surface area contributed by atoms with Crippen LogP contribution in [0.3, 0.4) is 0 Å². The average molecular weight is 411 g/mol. The van der Waals surface area contributed by atoms with Gasteiger partial charge in [0.25, 0.3) is 5.56 Å². The van der Waals surface area contributed by atoms with Crippen LogP contribution >= 0.6 is 0 Å². The molecule has 0 spiro atoms. The largest absolute Gasteiger partial charge is 0.496 e. The zero-order valence-corrected chi connectivity index (χ0v) is 16.2. The van der Waals surface area contributed by atoms with E-state index in [1.54, 1.807) is 12.1 Å². The number of halogens is 1. The Bertz CT molecular complexity index is 1140. The van der Waals surface area contributed by atoms with Crippen LogP contribution in [0.15, 0.2) is 59.4 Å². The molecule has 3 aromatic rings. The summed E-state index contributed by atoms with van der Waals surface area (Å²) in [5.74, 6) is -1.19. The van der Waals surface area contributed by atoms with Crippen molar-refractivity contribution < 1.29 is 23.5 Å². The number of esters is 1. The first-order valence-electron chi connectivity index (χ1n) is 8.81. The van der Waals surface area contributed by atoms with E-state index >= 15 is 0 Å². The molecule has 0 saturated heterocycles.